The number of rotatable bonds is 3. The van der Waals surface area contributed by atoms with Gasteiger partial charge in [-0.15, -0.1) is 0 Å². The van der Waals surface area contributed by atoms with E-state index in [1.54, 1.807) is 17.0 Å². The molecule has 0 aromatic heterocycles. The average Bonchev–Trinajstić information content (AvgIpc) is 2.97. The van der Waals surface area contributed by atoms with Crippen molar-refractivity contribution in [1.29, 1.82) is 15.9 Å². The number of thioether (sulfide) groups is 1. The van der Waals surface area contributed by atoms with Crippen molar-refractivity contribution < 1.29 is 4.79 Å². The van der Waals surface area contributed by atoms with Crippen LogP contribution in [-0.2, 0) is 16.6 Å². The molecule has 0 saturated heterocycles. The quantitative estimate of drug-likeness (QED) is 0.822. The van der Waals surface area contributed by atoms with Gasteiger partial charge in [0, 0.05) is 12.2 Å². The molecule has 1 spiro atoms. The summed E-state index contributed by atoms with van der Waals surface area (Å²) < 4.78 is 0. The number of nitrogens with zero attached hydrogens (tertiary/aromatic N) is 3. The lowest BCUT2D eigenvalue weighted by Crippen LogP contribution is -2.51. The molecule has 2 atom stereocenters. The van der Waals surface area contributed by atoms with Crippen molar-refractivity contribution in [3.05, 3.63) is 76.3 Å². The fourth-order valence-electron chi connectivity index (χ4n) is 4.17. The first-order chi connectivity index (χ1) is 14.1. The standard InChI is InChI=1S/C22H17N5OS/c23-12-16-19(25)29-20(26)17(13-24)22(16)15-8-4-5-9-18(15)27(21(22)28)11-10-14-6-2-1-3-7-14/h1-9,16,25H,10-11,26H2/t16-,22-/m1/s1. The summed E-state index contributed by atoms with van der Waals surface area (Å²) in [5, 5.41) is 28.2. The molecule has 2 heterocycles. The van der Waals surface area contributed by atoms with Crippen LogP contribution in [0.1, 0.15) is 11.1 Å². The lowest BCUT2D eigenvalue weighted by molar-refractivity contribution is -0.122. The van der Waals surface area contributed by atoms with E-state index in [1.807, 2.05) is 42.5 Å². The highest BCUT2D eigenvalue weighted by Gasteiger charge is 2.62. The molecule has 4 rings (SSSR count). The molecule has 29 heavy (non-hydrogen) atoms. The SMILES string of the molecule is N#CC1=C(N)SC(=N)[C@@H](C#N)[C@@]12C(=O)N(CCc1ccccc1)c1ccccc12. The predicted molar refractivity (Wildman–Crippen MR) is 112 cm³/mol. The van der Waals surface area contributed by atoms with Crippen LogP contribution in [-0.4, -0.2) is 17.5 Å². The minimum Gasteiger partial charge on any atom is -0.392 e. The highest BCUT2D eigenvalue weighted by molar-refractivity contribution is 8.17. The lowest BCUT2D eigenvalue weighted by Gasteiger charge is -2.36. The number of nitrogens with one attached hydrogen (secondary N) is 1. The lowest BCUT2D eigenvalue weighted by atomic mass is 9.66. The minimum absolute atomic E-state index is 0.0166. The van der Waals surface area contributed by atoms with Gasteiger partial charge in [0.05, 0.1) is 27.8 Å². The average molecular weight is 399 g/mol. The van der Waals surface area contributed by atoms with Crippen molar-refractivity contribution in [3.63, 3.8) is 0 Å². The molecule has 1 amide bonds. The number of hydrogen-bond acceptors (Lipinski definition) is 6. The summed E-state index contributed by atoms with van der Waals surface area (Å²) in [4.78, 5) is 15.4. The minimum atomic E-state index is -1.57. The van der Waals surface area contributed by atoms with Crippen molar-refractivity contribution >= 4 is 28.4 Å². The number of anilines is 1. The molecule has 0 bridgehead atoms. The molecule has 0 aliphatic carbocycles. The number of para-hydroxylation sites is 1. The Bertz CT molecular complexity index is 1130. The van der Waals surface area contributed by atoms with Gasteiger partial charge < -0.3 is 10.6 Å². The highest BCUT2D eigenvalue weighted by Crippen LogP contribution is 2.55. The normalized spacial score (nSPS) is 23.1. The molecule has 0 radical (unpaired) electrons. The number of amides is 1. The third kappa shape index (κ3) is 2.63. The maximum atomic E-state index is 13.8. The Balaban J connectivity index is 1.87. The molecule has 6 nitrogen and oxygen atoms in total. The monoisotopic (exact) mass is 399 g/mol. The zero-order chi connectivity index (χ0) is 20.6. The van der Waals surface area contributed by atoms with E-state index in [4.69, 9.17) is 11.1 Å². The fraction of sp³-hybridized carbons (Fsp3) is 0.182. The van der Waals surface area contributed by atoms with E-state index in [1.165, 1.54) is 0 Å². The second-order valence-corrected chi connectivity index (χ2v) is 7.98. The number of nitriles is 2. The van der Waals surface area contributed by atoms with E-state index in [9.17, 15) is 15.3 Å². The second kappa shape index (κ2) is 7.12. The molecule has 2 aliphatic rings. The van der Waals surface area contributed by atoms with Crippen LogP contribution in [0.25, 0.3) is 0 Å². The van der Waals surface area contributed by atoms with E-state index in [0.717, 1.165) is 17.3 Å². The summed E-state index contributed by atoms with van der Waals surface area (Å²) in [6.07, 6.45) is 0.626. The summed E-state index contributed by atoms with van der Waals surface area (Å²) in [5.41, 5.74) is 6.88. The molecule has 2 aliphatic heterocycles. The molecule has 0 saturated carbocycles. The van der Waals surface area contributed by atoms with E-state index < -0.39 is 11.3 Å². The Morgan fingerprint density at radius 1 is 1.14 bits per heavy atom. The summed E-state index contributed by atoms with van der Waals surface area (Å²) in [5.74, 6) is -1.46. The van der Waals surface area contributed by atoms with Crippen LogP contribution in [0.15, 0.2) is 65.2 Å². The number of carbonyl (C=O) groups excluding carboxylic acids is 1. The number of nitrogens with two attached hydrogens (primary N) is 1. The Morgan fingerprint density at radius 2 is 1.83 bits per heavy atom. The van der Waals surface area contributed by atoms with Crippen LogP contribution >= 0.6 is 11.8 Å². The van der Waals surface area contributed by atoms with Gasteiger partial charge in [-0.25, -0.2) is 0 Å². The highest BCUT2D eigenvalue weighted by atomic mass is 32.2. The van der Waals surface area contributed by atoms with Gasteiger partial charge >= 0.3 is 0 Å². The van der Waals surface area contributed by atoms with E-state index in [-0.39, 0.29) is 21.6 Å². The summed E-state index contributed by atoms with van der Waals surface area (Å²) >= 11 is 0.881. The molecule has 0 fully saturated rings. The largest absolute Gasteiger partial charge is 0.392 e. The first-order valence-corrected chi connectivity index (χ1v) is 9.89. The van der Waals surface area contributed by atoms with Crippen molar-refractivity contribution in [2.75, 3.05) is 11.4 Å². The number of benzene rings is 2. The topological polar surface area (TPSA) is 118 Å². The van der Waals surface area contributed by atoms with Crippen LogP contribution < -0.4 is 10.6 Å². The van der Waals surface area contributed by atoms with Gasteiger partial charge in [-0.05, 0) is 23.6 Å². The molecule has 7 heteroatoms. The number of hydrogen-bond donors (Lipinski definition) is 2. The van der Waals surface area contributed by atoms with Gasteiger partial charge in [0.1, 0.15) is 11.3 Å². The summed E-state index contributed by atoms with van der Waals surface area (Å²) in [6.45, 7) is 0.402. The molecule has 3 N–H and O–H groups in total. The Hall–Kier alpha value is -3.55. The molecule has 0 unspecified atom stereocenters. The third-order valence-electron chi connectivity index (χ3n) is 5.47. The Morgan fingerprint density at radius 3 is 2.52 bits per heavy atom. The van der Waals surface area contributed by atoms with Crippen molar-refractivity contribution in [1.82, 2.24) is 0 Å². The zero-order valence-corrected chi connectivity index (χ0v) is 16.2. The van der Waals surface area contributed by atoms with Gasteiger partial charge in [0.15, 0.2) is 0 Å². The van der Waals surface area contributed by atoms with Gasteiger partial charge in [-0.3, -0.25) is 10.2 Å². The van der Waals surface area contributed by atoms with Crippen LogP contribution in [0.3, 0.4) is 0 Å². The van der Waals surface area contributed by atoms with E-state index >= 15 is 0 Å². The zero-order valence-electron chi connectivity index (χ0n) is 15.4. The molecular formula is C22H17N5OS. The van der Waals surface area contributed by atoms with Crippen molar-refractivity contribution in [3.8, 4) is 12.1 Å². The van der Waals surface area contributed by atoms with E-state index in [0.29, 0.717) is 24.2 Å². The first-order valence-electron chi connectivity index (χ1n) is 9.07. The molecule has 2 aromatic rings. The number of fused-ring (bicyclic) bond motifs is 2. The Labute approximate surface area is 172 Å². The second-order valence-electron chi connectivity index (χ2n) is 6.90. The van der Waals surface area contributed by atoms with Gasteiger partial charge in [-0.2, -0.15) is 10.5 Å². The Kier molecular flexibility index (Phi) is 4.62. The fourth-order valence-corrected chi connectivity index (χ4v) is 5.06. The van der Waals surface area contributed by atoms with Gasteiger partial charge in [-0.1, -0.05) is 60.3 Å². The number of carbonyl (C=O) groups is 1. The molecular weight excluding hydrogens is 382 g/mol. The van der Waals surface area contributed by atoms with Crippen LogP contribution in [0.2, 0.25) is 0 Å². The molecule has 2 aromatic carbocycles. The predicted octanol–water partition coefficient (Wildman–Crippen LogP) is 3.07. The van der Waals surface area contributed by atoms with Crippen LogP contribution in [0, 0.1) is 34.0 Å². The maximum Gasteiger partial charge on any atom is 0.244 e. The van der Waals surface area contributed by atoms with Crippen LogP contribution in [0.5, 0.6) is 0 Å². The van der Waals surface area contributed by atoms with Crippen molar-refractivity contribution in [2.24, 2.45) is 11.7 Å². The molecule has 142 valence electrons. The van der Waals surface area contributed by atoms with Crippen LogP contribution in [0.4, 0.5) is 5.69 Å². The van der Waals surface area contributed by atoms with Gasteiger partial charge in [0.25, 0.3) is 0 Å². The maximum absolute atomic E-state index is 13.8. The summed E-state index contributed by atoms with van der Waals surface area (Å²) in [6, 6.07) is 21.2. The smallest absolute Gasteiger partial charge is 0.244 e. The summed E-state index contributed by atoms with van der Waals surface area (Å²) in [7, 11) is 0. The van der Waals surface area contributed by atoms with Gasteiger partial charge in [0.2, 0.25) is 5.91 Å². The first kappa shape index (κ1) is 18.8. The third-order valence-corrected chi connectivity index (χ3v) is 6.35. The van der Waals surface area contributed by atoms with E-state index in [2.05, 4.69) is 12.1 Å². The van der Waals surface area contributed by atoms with Crippen molar-refractivity contribution in [2.45, 2.75) is 11.8 Å².